The first-order chi connectivity index (χ1) is 9.36. The van der Waals surface area contributed by atoms with Crippen molar-refractivity contribution < 1.29 is 0 Å². The van der Waals surface area contributed by atoms with Crippen molar-refractivity contribution >= 4 is 11.4 Å². The molecule has 0 unspecified atom stereocenters. The van der Waals surface area contributed by atoms with E-state index < -0.39 is 0 Å². The van der Waals surface area contributed by atoms with Crippen molar-refractivity contribution in [2.75, 3.05) is 25.0 Å². The largest absolute Gasteiger partial charge is 0.374 e. The van der Waals surface area contributed by atoms with Gasteiger partial charge in [-0.15, -0.1) is 0 Å². The van der Waals surface area contributed by atoms with E-state index in [1.807, 2.05) is 6.07 Å². The van der Waals surface area contributed by atoms with Crippen LogP contribution in [0.3, 0.4) is 0 Å². The van der Waals surface area contributed by atoms with Gasteiger partial charge in [0.1, 0.15) is 0 Å². The van der Waals surface area contributed by atoms with Gasteiger partial charge in [-0.25, -0.2) is 0 Å². The molecule has 0 spiro atoms. The van der Waals surface area contributed by atoms with Crippen molar-refractivity contribution in [2.45, 2.75) is 6.42 Å². The molecule has 0 saturated heterocycles. The van der Waals surface area contributed by atoms with Crippen molar-refractivity contribution in [3.05, 3.63) is 65.7 Å². The molecular formula is C17H18N2. The van der Waals surface area contributed by atoms with Crippen LogP contribution < -0.4 is 4.90 Å². The van der Waals surface area contributed by atoms with Gasteiger partial charge in [-0.2, -0.15) is 0 Å². The van der Waals surface area contributed by atoms with Crippen LogP contribution >= 0.6 is 0 Å². The van der Waals surface area contributed by atoms with E-state index in [1.165, 1.54) is 16.8 Å². The summed E-state index contributed by atoms with van der Waals surface area (Å²) in [7, 11) is 2.16. The average molecular weight is 250 g/mol. The smallest absolute Gasteiger partial charge is 0.0739 e. The highest BCUT2D eigenvalue weighted by atomic mass is 15.1. The minimum Gasteiger partial charge on any atom is -0.374 e. The average Bonchev–Trinajstić information content (AvgIpc) is 2.46. The highest BCUT2D eigenvalue weighted by Gasteiger charge is 2.15. The van der Waals surface area contributed by atoms with Crippen LogP contribution in [0.15, 0.2) is 59.6 Å². The van der Waals surface area contributed by atoms with E-state index >= 15 is 0 Å². The number of nitrogens with zero attached hydrogens (tertiary/aromatic N) is 2. The van der Waals surface area contributed by atoms with Gasteiger partial charge >= 0.3 is 0 Å². The van der Waals surface area contributed by atoms with E-state index in [2.05, 4.69) is 60.5 Å². The fourth-order valence-corrected chi connectivity index (χ4v) is 2.55. The number of hydrogen-bond donors (Lipinski definition) is 0. The quantitative estimate of drug-likeness (QED) is 0.757. The summed E-state index contributed by atoms with van der Waals surface area (Å²) >= 11 is 0. The summed E-state index contributed by atoms with van der Waals surface area (Å²) in [6.07, 6.45) is 1.10. The van der Waals surface area contributed by atoms with Gasteiger partial charge in [0.25, 0.3) is 0 Å². The predicted molar refractivity (Wildman–Crippen MR) is 81.3 cm³/mol. The maximum atomic E-state index is 4.82. The molecule has 2 aromatic rings. The van der Waals surface area contributed by atoms with Crippen LogP contribution in [0.1, 0.15) is 17.5 Å². The Labute approximate surface area is 114 Å². The lowest BCUT2D eigenvalue weighted by atomic mass is 9.99. The number of hydrogen-bond acceptors (Lipinski definition) is 2. The van der Waals surface area contributed by atoms with Gasteiger partial charge in [0.05, 0.1) is 5.71 Å². The fourth-order valence-electron chi connectivity index (χ4n) is 2.55. The molecule has 19 heavy (non-hydrogen) atoms. The SMILES string of the molecule is CN1CCCN=C(c2ccccc2)c2ccccc21. The summed E-state index contributed by atoms with van der Waals surface area (Å²) in [4.78, 5) is 7.15. The molecule has 0 aromatic heterocycles. The Kier molecular flexibility index (Phi) is 3.32. The van der Waals surface area contributed by atoms with Crippen molar-refractivity contribution in [1.82, 2.24) is 0 Å². The lowest BCUT2D eigenvalue weighted by Gasteiger charge is -2.25. The molecule has 0 atom stereocenters. The summed E-state index contributed by atoms with van der Waals surface area (Å²) in [5, 5.41) is 0. The van der Waals surface area contributed by atoms with E-state index in [0.717, 1.165) is 25.2 Å². The van der Waals surface area contributed by atoms with Crippen molar-refractivity contribution in [1.29, 1.82) is 0 Å². The Balaban J connectivity index is 2.15. The van der Waals surface area contributed by atoms with Gasteiger partial charge in [0.2, 0.25) is 0 Å². The Morgan fingerprint density at radius 2 is 1.68 bits per heavy atom. The first-order valence-electron chi connectivity index (χ1n) is 6.76. The Bertz CT molecular complexity index is 587. The zero-order valence-electron chi connectivity index (χ0n) is 11.2. The molecule has 0 bridgehead atoms. The Hall–Kier alpha value is -2.09. The second kappa shape index (κ2) is 5.27. The number of rotatable bonds is 1. The minimum atomic E-state index is 0.892. The second-order valence-corrected chi connectivity index (χ2v) is 4.89. The minimum absolute atomic E-state index is 0.892. The Morgan fingerprint density at radius 1 is 0.947 bits per heavy atom. The van der Waals surface area contributed by atoms with Crippen LogP contribution in [0.2, 0.25) is 0 Å². The maximum absolute atomic E-state index is 4.82. The number of aliphatic imine (C=N–C) groups is 1. The number of anilines is 1. The molecule has 2 heteroatoms. The van der Waals surface area contributed by atoms with Gasteiger partial charge in [-0.3, -0.25) is 4.99 Å². The first kappa shape index (κ1) is 12.0. The summed E-state index contributed by atoms with van der Waals surface area (Å²) in [6.45, 7) is 1.95. The van der Waals surface area contributed by atoms with Crippen LogP contribution in [-0.2, 0) is 0 Å². The molecule has 0 saturated carbocycles. The number of fused-ring (bicyclic) bond motifs is 1. The predicted octanol–water partition coefficient (Wildman–Crippen LogP) is 3.36. The van der Waals surface area contributed by atoms with E-state index in [-0.39, 0.29) is 0 Å². The number of benzene rings is 2. The first-order valence-corrected chi connectivity index (χ1v) is 6.76. The zero-order chi connectivity index (χ0) is 13.1. The topological polar surface area (TPSA) is 15.6 Å². The molecule has 2 nitrogen and oxygen atoms in total. The third-order valence-electron chi connectivity index (χ3n) is 3.54. The van der Waals surface area contributed by atoms with Crippen LogP contribution in [-0.4, -0.2) is 25.8 Å². The van der Waals surface area contributed by atoms with Crippen molar-refractivity contribution in [2.24, 2.45) is 4.99 Å². The Morgan fingerprint density at radius 3 is 2.53 bits per heavy atom. The molecule has 1 aliphatic rings. The van der Waals surface area contributed by atoms with E-state index in [9.17, 15) is 0 Å². The van der Waals surface area contributed by atoms with E-state index in [1.54, 1.807) is 0 Å². The second-order valence-electron chi connectivity index (χ2n) is 4.89. The highest BCUT2D eigenvalue weighted by Crippen LogP contribution is 2.24. The van der Waals surface area contributed by atoms with Crippen LogP contribution in [0.25, 0.3) is 0 Å². The molecular weight excluding hydrogens is 232 g/mol. The molecule has 1 aliphatic heterocycles. The van der Waals surface area contributed by atoms with Gasteiger partial charge in [-0.1, -0.05) is 48.5 Å². The molecule has 3 rings (SSSR count). The fraction of sp³-hybridized carbons (Fsp3) is 0.235. The molecule has 1 heterocycles. The molecule has 2 aromatic carbocycles. The monoisotopic (exact) mass is 250 g/mol. The molecule has 0 N–H and O–H groups in total. The standard InChI is InChI=1S/C17H18N2/c1-19-13-7-12-18-17(14-8-3-2-4-9-14)15-10-5-6-11-16(15)19/h2-6,8-11H,7,12-13H2,1H3. The molecule has 0 fully saturated rings. The molecule has 96 valence electrons. The molecule has 0 amide bonds. The van der Waals surface area contributed by atoms with Crippen molar-refractivity contribution in [3.63, 3.8) is 0 Å². The number of para-hydroxylation sites is 1. The zero-order valence-corrected chi connectivity index (χ0v) is 11.2. The van der Waals surface area contributed by atoms with E-state index in [0.29, 0.717) is 0 Å². The van der Waals surface area contributed by atoms with Crippen LogP contribution in [0.5, 0.6) is 0 Å². The lowest BCUT2D eigenvalue weighted by Crippen LogP contribution is -2.24. The summed E-state index contributed by atoms with van der Waals surface area (Å²) in [5.74, 6) is 0. The van der Waals surface area contributed by atoms with Gasteiger partial charge in [0.15, 0.2) is 0 Å². The van der Waals surface area contributed by atoms with Crippen molar-refractivity contribution in [3.8, 4) is 0 Å². The van der Waals surface area contributed by atoms with Gasteiger partial charge in [-0.05, 0) is 12.5 Å². The van der Waals surface area contributed by atoms with Gasteiger partial charge < -0.3 is 4.90 Å². The van der Waals surface area contributed by atoms with Crippen LogP contribution in [0.4, 0.5) is 5.69 Å². The third kappa shape index (κ3) is 2.39. The lowest BCUT2D eigenvalue weighted by molar-refractivity contribution is 0.790. The summed E-state index contributed by atoms with van der Waals surface area (Å²) < 4.78 is 0. The normalized spacial score (nSPS) is 15.2. The third-order valence-corrected chi connectivity index (χ3v) is 3.54. The highest BCUT2D eigenvalue weighted by molar-refractivity contribution is 6.16. The molecule has 0 radical (unpaired) electrons. The van der Waals surface area contributed by atoms with E-state index in [4.69, 9.17) is 4.99 Å². The van der Waals surface area contributed by atoms with Crippen LogP contribution in [0, 0.1) is 0 Å². The molecule has 0 aliphatic carbocycles. The summed E-state index contributed by atoms with van der Waals surface area (Å²) in [5.41, 5.74) is 4.81. The maximum Gasteiger partial charge on any atom is 0.0739 e. The van der Waals surface area contributed by atoms with Gasteiger partial charge in [0, 0.05) is 37.0 Å². The summed E-state index contributed by atoms with van der Waals surface area (Å²) in [6, 6.07) is 19.0.